The van der Waals surface area contributed by atoms with Gasteiger partial charge in [0.1, 0.15) is 12.4 Å². The van der Waals surface area contributed by atoms with Crippen molar-refractivity contribution in [1.29, 1.82) is 5.26 Å². The van der Waals surface area contributed by atoms with E-state index in [1.54, 1.807) is 6.20 Å². The van der Waals surface area contributed by atoms with Crippen LogP contribution >= 0.6 is 0 Å². The Labute approximate surface area is 170 Å². The lowest BCUT2D eigenvalue weighted by Gasteiger charge is -2.10. The van der Waals surface area contributed by atoms with Crippen molar-refractivity contribution in [3.63, 3.8) is 0 Å². The van der Waals surface area contributed by atoms with E-state index in [4.69, 9.17) is 10.00 Å². The fraction of sp³-hybridized carbons (Fsp3) is 0.174. The quantitative estimate of drug-likeness (QED) is 0.610. The molecule has 2 N–H and O–H groups in total. The van der Waals surface area contributed by atoms with Crippen LogP contribution in [0.1, 0.15) is 16.8 Å². The number of pyridine rings is 1. The van der Waals surface area contributed by atoms with Gasteiger partial charge in [-0.2, -0.15) is 5.26 Å². The zero-order valence-corrected chi connectivity index (χ0v) is 16.0. The van der Waals surface area contributed by atoms with Crippen LogP contribution in [-0.2, 0) is 19.4 Å². The smallest absolute Gasteiger partial charge is 0.319 e. The molecule has 0 unspecified atom stereocenters. The first-order chi connectivity index (χ1) is 14.2. The molecule has 146 valence electrons. The van der Waals surface area contributed by atoms with E-state index in [0.717, 1.165) is 22.6 Å². The molecule has 0 saturated heterocycles. The molecule has 0 aliphatic heterocycles. The molecule has 2 amide bonds. The number of carbonyl (C=O) groups excluding carboxylic acids is 1. The van der Waals surface area contributed by atoms with Gasteiger partial charge < -0.3 is 15.4 Å². The number of carbonyl (C=O) groups is 1. The van der Waals surface area contributed by atoms with Gasteiger partial charge in [-0.1, -0.05) is 30.3 Å². The van der Waals surface area contributed by atoms with Crippen LogP contribution in [0.4, 0.5) is 10.5 Å². The van der Waals surface area contributed by atoms with Crippen molar-refractivity contribution in [1.82, 2.24) is 10.3 Å². The Hall–Kier alpha value is -3.85. The summed E-state index contributed by atoms with van der Waals surface area (Å²) in [5.41, 5.74) is 3.54. The fourth-order valence-electron chi connectivity index (χ4n) is 2.73. The van der Waals surface area contributed by atoms with Crippen LogP contribution in [0.2, 0.25) is 0 Å². The molecular formula is C23H22N4O2. The highest BCUT2D eigenvalue weighted by molar-refractivity contribution is 5.89. The number of nitriles is 1. The average molecular weight is 386 g/mol. The minimum absolute atomic E-state index is 0.257. The Balaban J connectivity index is 1.46. The summed E-state index contributed by atoms with van der Waals surface area (Å²) in [6, 6.07) is 22.6. The molecule has 2 aromatic carbocycles. The van der Waals surface area contributed by atoms with E-state index in [1.165, 1.54) is 0 Å². The third-order valence-corrected chi connectivity index (χ3v) is 4.19. The predicted octanol–water partition coefficient (Wildman–Crippen LogP) is 4.09. The number of hydrogen-bond acceptors (Lipinski definition) is 4. The number of aromatic nitrogens is 1. The molecule has 0 bridgehead atoms. The van der Waals surface area contributed by atoms with Crippen molar-refractivity contribution >= 4 is 11.7 Å². The molecule has 29 heavy (non-hydrogen) atoms. The largest absolute Gasteiger partial charge is 0.489 e. The molecule has 0 spiro atoms. The molecule has 0 aliphatic carbocycles. The summed E-state index contributed by atoms with van der Waals surface area (Å²) in [5, 5.41) is 14.4. The Morgan fingerprint density at radius 3 is 2.66 bits per heavy atom. The number of rotatable bonds is 8. The van der Waals surface area contributed by atoms with Crippen molar-refractivity contribution in [3.8, 4) is 11.8 Å². The molecular weight excluding hydrogens is 364 g/mol. The van der Waals surface area contributed by atoms with E-state index >= 15 is 0 Å². The molecule has 1 aromatic heterocycles. The van der Waals surface area contributed by atoms with Gasteiger partial charge in [-0.15, -0.1) is 0 Å². The maximum Gasteiger partial charge on any atom is 0.319 e. The highest BCUT2D eigenvalue weighted by atomic mass is 16.5. The van der Waals surface area contributed by atoms with E-state index in [1.807, 2.05) is 66.7 Å². The molecule has 0 atom stereocenters. The van der Waals surface area contributed by atoms with Crippen molar-refractivity contribution in [3.05, 3.63) is 89.7 Å². The maximum absolute atomic E-state index is 12.1. The van der Waals surface area contributed by atoms with Crippen LogP contribution in [0.25, 0.3) is 0 Å². The highest BCUT2D eigenvalue weighted by Crippen LogP contribution is 2.16. The standard InChI is InChI=1S/C23H22N4O2/c24-13-11-18-7-9-22(10-8-18)29-17-19-4-3-6-21(16-19)27-23(28)26-15-12-20-5-1-2-14-25-20/h1-10,14,16H,11-12,15,17H2,(H2,26,27,28). The van der Waals surface area contributed by atoms with Crippen LogP contribution in [-0.4, -0.2) is 17.6 Å². The van der Waals surface area contributed by atoms with Gasteiger partial charge in [0.25, 0.3) is 0 Å². The SMILES string of the molecule is N#CCc1ccc(OCc2cccc(NC(=O)NCCc3ccccn3)c2)cc1. The molecule has 0 radical (unpaired) electrons. The molecule has 0 saturated carbocycles. The fourth-order valence-corrected chi connectivity index (χ4v) is 2.73. The van der Waals surface area contributed by atoms with Crippen LogP contribution in [0.15, 0.2) is 72.9 Å². The number of amides is 2. The van der Waals surface area contributed by atoms with E-state index in [2.05, 4.69) is 21.7 Å². The molecule has 6 nitrogen and oxygen atoms in total. The predicted molar refractivity (Wildman–Crippen MR) is 111 cm³/mol. The lowest BCUT2D eigenvalue weighted by atomic mass is 10.1. The molecule has 3 aromatic rings. The highest BCUT2D eigenvalue weighted by Gasteiger charge is 2.04. The van der Waals surface area contributed by atoms with Crippen LogP contribution < -0.4 is 15.4 Å². The van der Waals surface area contributed by atoms with Crippen molar-refractivity contribution in [2.24, 2.45) is 0 Å². The van der Waals surface area contributed by atoms with E-state index in [-0.39, 0.29) is 6.03 Å². The summed E-state index contributed by atoms with van der Waals surface area (Å²) in [5.74, 6) is 0.734. The average Bonchev–Trinajstić information content (AvgIpc) is 2.74. The molecule has 1 heterocycles. The summed E-state index contributed by atoms with van der Waals surface area (Å²) >= 11 is 0. The first-order valence-corrected chi connectivity index (χ1v) is 9.35. The lowest BCUT2D eigenvalue weighted by Crippen LogP contribution is -2.30. The number of benzene rings is 2. The number of hydrogen-bond donors (Lipinski definition) is 2. The van der Waals surface area contributed by atoms with Crippen LogP contribution in [0, 0.1) is 11.3 Å². The van der Waals surface area contributed by atoms with Gasteiger partial charge in [-0.3, -0.25) is 4.98 Å². The lowest BCUT2D eigenvalue weighted by molar-refractivity contribution is 0.252. The van der Waals surface area contributed by atoms with Gasteiger partial charge >= 0.3 is 6.03 Å². The molecule has 3 rings (SSSR count). The first kappa shape index (κ1) is 19.9. The molecule has 0 aliphatic rings. The van der Waals surface area contributed by atoms with Crippen LogP contribution in [0.3, 0.4) is 0 Å². The first-order valence-electron chi connectivity index (χ1n) is 9.35. The van der Waals surface area contributed by atoms with E-state index in [9.17, 15) is 4.79 Å². The summed E-state index contributed by atoms with van der Waals surface area (Å²) in [6.45, 7) is 0.891. The topological polar surface area (TPSA) is 87.0 Å². The Morgan fingerprint density at radius 2 is 1.90 bits per heavy atom. The second-order valence-electron chi connectivity index (χ2n) is 6.42. The van der Waals surface area contributed by atoms with Crippen molar-refractivity contribution < 1.29 is 9.53 Å². The van der Waals surface area contributed by atoms with Gasteiger partial charge in [-0.05, 0) is 47.5 Å². The number of ether oxygens (including phenoxy) is 1. The number of anilines is 1. The zero-order chi connectivity index (χ0) is 20.3. The Bertz CT molecular complexity index is 966. The molecule has 6 heteroatoms. The Morgan fingerprint density at radius 1 is 1.03 bits per heavy atom. The van der Waals surface area contributed by atoms with E-state index in [0.29, 0.717) is 31.7 Å². The van der Waals surface area contributed by atoms with Gasteiger partial charge in [-0.25, -0.2) is 4.79 Å². The second kappa shape index (κ2) is 10.5. The van der Waals surface area contributed by atoms with Gasteiger partial charge in [0.2, 0.25) is 0 Å². The minimum atomic E-state index is -0.257. The van der Waals surface area contributed by atoms with Crippen molar-refractivity contribution in [2.45, 2.75) is 19.4 Å². The third-order valence-electron chi connectivity index (χ3n) is 4.19. The normalized spacial score (nSPS) is 10.0. The van der Waals surface area contributed by atoms with Gasteiger partial charge in [0, 0.05) is 30.5 Å². The van der Waals surface area contributed by atoms with Crippen molar-refractivity contribution in [2.75, 3.05) is 11.9 Å². The summed E-state index contributed by atoms with van der Waals surface area (Å²) < 4.78 is 5.78. The zero-order valence-electron chi connectivity index (χ0n) is 16.0. The summed E-state index contributed by atoms with van der Waals surface area (Å²) in [4.78, 5) is 16.3. The van der Waals surface area contributed by atoms with Crippen LogP contribution in [0.5, 0.6) is 5.75 Å². The number of nitrogens with zero attached hydrogens (tertiary/aromatic N) is 2. The summed E-state index contributed by atoms with van der Waals surface area (Å²) in [7, 11) is 0. The summed E-state index contributed by atoms with van der Waals surface area (Å²) in [6.07, 6.45) is 2.80. The Kier molecular flexibility index (Phi) is 7.19. The van der Waals surface area contributed by atoms with Gasteiger partial charge in [0.15, 0.2) is 0 Å². The molecule has 0 fully saturated rings. The second-order valence-corrected chi connectivity index (χ2v) is 6.42. The monoisotopic (exact) mass is 386 g/mol. The number of nitrogens with one attached hydrogen (secondary N) is 2. The number of urea groups is 1. The minimum Gasteiger partial charge on any atom is -0.489 e. The van der Waals surface area contributed by atoms with E-state index < -0.39 is 0 Å². The third kappa shape index (κ3) is 6.67. The maximum atomic E-state index is 12.1. The van der Waals surface area contributed by atoms with Gasteiger partial charge in [0.05, 0.1) is 12.5 Å².